The van der Waals surface area contributed by atoms with Crippen LogP contribution in [0.2, 0.25) is 0 Å². The lowest BCUT2D eigenvalue weighted by Gasteiger charge is -2.26. The number of benzene rings is 2. The molecular formula is C15H12F2N2O2. The van der Waals surface area contributed by atoms with Gasteiger partial charge in [0.25, 0.3) is 5.91 Å². The fourth-order valence-electron chi connectivity index (χ4n) is 2.06. The van der Waals surface area contributed by atoms with Crippen molar-refractivity contribution in [3.63, 3.8) is 0 Å². The number of amides is 1. The SMILES string of the molecule is O=C(Nc1ccc(F)c(F)c1)C1CNc2ccccc2O1. The first-order valence-corrected chi connectivity index (χ1v) is 6.39. The molecule has 0 aliphatic carbocycles. The molecule has 2 aromatic carbocycles. The highest BCUT2D eigenvalue weighted by Crippen LogP contribution is 2.28. The van der Waals surface area contributed by atoms with Crippen molar-refractivity contribution in [3.05, 3.63) is 54.1 Å². The summed E-state index contributed by atoms with van der Waals surface area (Å²) in [6.45, 7) is 0.298. The molecule has 1 unspecified atom stereocenters. The first-order chi connectivity index (χ1) is 10.1. The second-order valence-corrected chi connectivity index (χ2v) is 4.60. The van der Waals surface area contributed by atoms with Gasteiger partial charge in [-0.05, 0) is 24.3 Å². The van der Waals surface area contributed by atoms with Gasteiger partial charge in [-0.2, -0.15) is 0 Å². The van der Waals surface area contributed by atoms with Crippen molar-refractivity contribution >= 4 is 17.3 Å². The highest BCUT2D eigenvalue weighted by molar-refractivity contribution is 5.95. The molecule has 0 spiro atoms. The maximum atomic E-state index is 13.1. The maximum absolute atomic E-state index is 13.1. The van der Waals surface area contributed by atoms with E-state index in [0.717, 1.165) is 17.8 Å². The minimum Gasteiger partial charge on any atom is -0.477 e. The number of hydrogen-bond donors (Lipinski definition) is 2. The predicted molar refractivity (Wildman–Crippen MR) is 74.3 cm³/mol. The molecular weight excluding hydrogens is 278 g/mol. The topological polar surface area (TPSA) is 50.4 Å². The molecule has 21 heavy (non-hydrogen) atoms. The van der Waals surface area contributed by atoms with Gasteiger partial charge in [-0.15, -0.1) is 0 Å². The molecule has 0 saturated heterocycles. The third-order valence-electron chi connectivity index (χ3n) is 3.11. The lowest BCUT2D eigenvalue weighted by molar-refractivity contribution is -0.122. The molecule has 6 heteroatoms. The molecule has 0 fully saturated rings. The Hall–Kier alpha value is -2.63. The number of fused-ring (bicyclic) bond motifs is 1. The molecule has 1 aliphatic rings. The standard InChI is InChI=1S/C15H12F2N2O2/c16-10-6-5-9(7-11(10)17)19-15(20)14-8-18-12-3-1-2-4-13(12)21-14/h1-7,14,18H,8H2,(H,19,20). The molecule has 3 rings (SSSR count). The number of para-hydroxylation sites is 2. The Bertz CT molecular complexity index is 691. The summed E-state index contributed by atoms with van der Waals surface area (Å²) < 4.78 is 31.5. The van der Waals surface area contributed by atoms with Crippen LogP contribution in [0.3, 0.4) is 0 Å². The average molecular weight is 290 g/mol. The van der Waals surface area contributed by atoms with E-state index < -0.39 is 23.6 Å². The summed E-state index contributed by atoms with van der Waals surface area (Å²) in [6, 6.07) is 10.4. The quantitative estimate of drug-likeness (QED) is 0.894. The summed E-state index contributed by atoms with van der Waals surface area (Å²) in [6.07, 6.45) is -0.743. The predicted octanol–water partition coefficient (Wildman–Crippen LogP) is 2.78. The summed E-state index contributed by atoms with van der Waals surface area (Å²) in [5.74, 6) is -1.82. The lowest BCUT2D eigenvalue weighted by atomic mass is 10.2. The van der Waals surface area contributed by atoms with Crippen molar-refractivity contribution < 1.29 is 18.3 Å². The molecule has 1 atom stereocenters. The van der Waals surface area contributed by atoms with Crippen LogP contribution in [0.1, 0.15) is 0 Å². The summed E-state index contributed by atoms with van der Waals surface area (Å²) in [5, 5.41) is 5.58. The molecule has 1 aliphatic heterocycles. The Morgan fingerprint density at radius 1 is 1.19 bits per heavy atom. The number of halogens is 2. The summed E-state index contributed by atoms with van der Waals surface area (Å²) >= 11 is 0. The number of rotatable bonds is 2. The van der Waals surface area contributed by atoms with Crippen LogP contribution in [0.4, 0.5) is 20.2 Å². The van der Waals surface area contributed by atoms with E-state index in [-0.39, 0.29) is 5.69 Å². The molecule has 2 aromatic rings. The molecule has 0 aromatic heterocycles. The van der Waals surface area contributed by atoms with E-state index in [1.165, 1.54) is 6.07 Å². The Morgan fingerprint density at radius 3 is 2.81 bits per heavy atom. The Kier molecular flexibility index (Phi) is 3.43. The van der Waals surface area contributed by atoms with Crippen molar-refractivity contribution in [1.82, 2.24) is 0 Å². The third kappa shape index (κ3) is 2.79. The summed E-state index contributed by atoms with van der Waals surface area (Å²) in [5.41, 5.74) is 0.996. The van der Waals surface area contributed by atoms with Gasteiger partial charge in [0.2, 0.25) is 0 Å². The van der Waals surface area contributed by atoms with Crippen LogP contribution in [0, 0.1) is 11.6 Å². The highest BCUT2D eigenvalue weighted by atomic mass is 19.2. The second kappa shape index (κ2) is 5.40. The molecule has 0 saturated carbocycles. The third-order valence-corrected chi connectivity index (χ3v) is 3.11. The van der Waals surface area contributed by atoms with Gasteiger partial charge in [-0.3, -0.25) is 4.79 Å². The van der Waals surface area contributed by atoms with Gasteiger partial charge in [0.1, 0.15) is 5.75 Å². The number of ether oxygens (including phenoxy) is 1. The first-order valence-electron chi connectivity index (χ1n) is 6.39. The van der Waals surface area contributed by atoms with Crippen LogP contribution in [-0.4, -0.2) is 18.6 Å². The second-order valence-electron chi connectivity index (χ2n) is 4.60. The van der Waals surface area contributed by atoms with Gasteiger partial charge in [-0.25, -0.2) is 8.78 Å². The van der Waals surface area contributed by atoms with Gasteiger partial charge < -0.3 is 15.4 Å². The van der Waals surface area contributed by atoms with Crippen LogP contribution >= 0.6 is 0 Å². The number of carbonyl (C=O) groups excluding carboxylic acids is 1. The number of nitrogens with one attached hydrogen (secondary N) is 2. The Balaban J connectivity index is 1.70. The smallest absolute Gasteiger partial charge is 0.267 e. The van der Waals surface area contributed by atoms with Crippen molar-refractivity contribution in [1.29, 1.82) is 0 Å². The van der Waals surface area contributed by atoms with E-state index in [0.29, 0.717) is 12.3 Å². The first kappa shape index (κ1) is 13.4. The Labute approximate surface area is 119 Å². The fraction of sp³-hybridized carbons (Fsp3) is 0.133. The van der Waals surface area contributed by atoms with Gasteiger partial charge >= 0.3 is 0 Å². The molecule has 4 nitrogen and oxygen atoms in total. The monoisotopic (exact) mass is 290 g/mol. The van der Waals surface area contributed by atoms with Crippen molar-refractivity contribution in [2.45, 2.75) is 6.10 Å². The van der Waals surface area contributed by atoms with E-state index in [9.17, 15) is 13.6 Å². The normalized spacial score (nSPS) is 16.4. The van der Waals surface area contributed by atoms with Crippen molar-refractivity contribution in [3.8, 4) is 5.75 Å². The van der Waals surface area contributed by atoms with Crippen LogP contribution in [0.15, 0.2) is 42.5 Å². The molecule has 1 heterocycles. The molecule has 2 N–H and O–H groups in total. The van der Waals surface area contributed by atoms with E-state index >= 15 is 0 Å². The number of anilines is 2. The van der Waals surface area contributed by atoms with Crippen LogP contribution < -0.4 is 15.4 Å². The number of carbonyl (C=O) groups is 1. The van der Waals surface area contributed by atoms with Gasteiger partial charge in [0.15, 0.2) is 17.7 Å². The zero-order chi connectivity index (χ0) is 14.8. The van der Waals surface area contributed by atoms with E-state index in [4.69, 9.17) is 4.74 Å². The zero-order valence-electron chi connectivity index (χ0n) is 10.9. The molecule has 0 radical (unpaired) electrons. The highest BCUT2D eigenvalue weighted by Gasteiger charge is 2.25. The zero-order valence-corrected chi connectivity index (χ0v) is 10.9. The van der Waals surface area contributed by atoms with Crippen molar-refractivity contribution in [2.24, 2.45) is 0 Å². The molecule has 0 bridgehead atoms. The van der Waals surface area contributed by atoms with E-state index in [1.807, 2.05) is 12.1 Å². The largest absolute Gasteiger partial charge is 0.477 e. The Morgan fingerprint density at radius 2 is 2.00 bits per heavy atom. The molecule has 108 valence electrons. The van der Waals surface area contributed by atoms with Crippen molar-refractivity contribution in [2.75, 3.05) is 17.2 Å². The van der Waals surface area contributed by atoms with Gasteiger partial charge in [-0.1, -0.05) is 12.1 Å². The molecule has 1 amide bonds. The van der Waals surface area contributed by atoms with Crippen LogP contribution in [0.25, 0.3) is 0 Å². The lowest BCUT2D eigenvalue weighted by Crippen LogP contribution is -2.41. The minimum atomic E-state index is -1.01. The fourth-order valence-corrected chi connectivity index (χ4v) is 2.06. The van der Waals surface area contributed by atoms with Gasteiger partial charge in [0, 0.05) is 11.8 Å². The van der Waals surface area contributed by atoms with E-state index in [2.05, 4.69) is 10.6 Å². The van der Waals surface area contributed by atoms with Crippen LogP contribution in [0.5, 0.6) is 5.75 Å². The summed E-state index contributed by atoms with van der Waals surface area (Å²) in [4.78, 5) is 12.1. The van der Waals surface area contributed by atoms with Crippen LogP contribution in [-0.2, 0) is 4.79 Å². The van der Waals surface area contributed by atoms with Gasteiger partial charge in [0.05, 0.1) is 12.2 Å². The summed E-state index contributed by atoms with van der Waals surface area (Å²) in [7, 11) is 0. The minimum absolute atomic E-state index is 0.182. The maximum Gasteiger partial charge on any atom is 0.267 e. The average Bonchev–Trinajstić information content (AvgIpc) is 2.50. The van der Waals surface area contributed by atoms with E-state index in [1.54, 1.807) is 12.1 Å². The number of hydrogen-bond acceptors (Lipinski definition) is 3.